The highest BCUT2D eigenvalue weighted by atomic mass is 32.2. The molecule has 6 heteroatoms. The van der Waals surface area contributed by atoms with Gasteiger partial charge in [0, 0.05) is 23.6 Å². The van der Waals surface area contributed by atoms with E-state index in [2.05, 4.69) is 0 Å². The number of amides is 1. The van der Waals surface area contributed by atoms with Gasteiger partial charge < -0.3 is 15.7 Å². The second-order valence-corrected chi connectivity index (χ2v) is 6.92. The fraction of sp³-hybridized carbons (Fsp3) is 0.833. The first-order valence-corrected chi connectivity index (χ1v) is 7.15. The quantitative estimate of drug-likeness (QED) is 0.794. The highest BCUT2D eigenvalue weighted by Gasteiger charge is 2.46. The van der Waals surface area contributed by atoms with Gasteiger partial charge in [-0.25, -0.2) is 4.79 Å². The Kier molecular flexibility index (Phi) is 4.33. The maximum atomic E-state index is 12.6. The van der Waals surface area contributed by atoms with Crippen molar-refractivity contribution < 1.29 is 14.7 Å². The molecule has 0 saturated carbocycles. The number of carbonyl (C=O) groups is 2. The van der Waals surface area contributed by atoms with E-state index >= 15 is 0 Å². The molecule has 0 aliphatic carbocycles. The maximum Gasteiger partial charge on any atom is 0.327 e. The minimum Gasteiger partial charge on any atom is -0.480 e. The summed E-state index contributed by atoms with van der Waals surface area (Å²) in [5, 5.41) is 9.19. The zero-order chi connectivity index (χ0) is 14.1. The summed E-state index contributed by atoms with van der Waals surface area (Å²) in [4.78, 5) is 25.2. The third-order valence-corrected chi connectivity index (χ3v) is 4.84. The number of carbonyl (C=O) groups excluding carboxylic acids is 1. The summed E-state index contributed by atoms with van der Waals surface area (Å²) in [5.74, 6) is 0.0996. The van der Waals surface area contributed by atoms with Crippen LogP contribution in [0.15, 0.2) is 0 Å². The smallest absolute Gasteiger partial charge is 0.327 e. The molecular formula is C12H22N2O3S. The molecule has 5 nitrogen and oxygen atoms in total. The number of rotatable bonds is 3. The van der Waals surface area contributed by atoms with E-state index in [0.29, 0.717) is 12.3 Å². The molecule has 1 fully saturated rings. The van der Waals surface area contributed by atoms with Crippen molar-refractivity contribution >= 4 is 23.6 Å². The lowest BCUT2D eigenvalue weighted by atomic mass is 9.74. The number of thioether (sulfide) groups is 1. The molecule has 3 N–H and O–H groups in total. The lowest BCUT2D eigenvalue weighted by molar-refractivity contribution is -0.155. The highest BCUT2D eigenvalue weighted by Crippen LogP contribution is 2.32. The van der Waals surface area contributed by atoms with Crippen LogP contribution in [0, 0.1) is 5.41 Å². The average Bonchev–Trinajstić information content (AvgIpc) is 2.26. The van der Waals surface area contributed by atoms with Gasteiger partial charge in [0.05, 0.1) is 5.41 Å². The fourth-order valence-corrected chi connectivity index (χ4v) is 2.72. The number of aliphatic carboxylic acids is 1. The normalized spacial score (nSPS) is 21.8. The van der Waals surface area contributed by atoms with Crippen LogP contribution in [-0.2, 0) is 9.59 Å². The Balaban J connectivity index is 2.97. The monoisotopic (exact) mass is 274 g/mol. The van der Waals surface area contributed by atoms with Gasteiger partial charge in [-0.1, -0.05) is 0 Å². The molecule has 1 saturated heterocycles. The van der Waals surface area contributed by atoms with Gasteiger partial charge in [0.25, 0.3) is 0 Å². The van der Waals surface area contributed by atoms with Gasteiger partial charge in [-0.05, 0) is 27.7 Å². The second kappa shape index (κ2) is 5.09. The molecule has 18 heavy (non-hydrogen) atoms. The molecule has 0 spiro atoms. The van der Waals surface area contributed by atoms with Gasteiger partial charge in [0.1, 0.15) is 6.04 Å². The zero-order valence-corrected chi connectivity index (χ0v) is 12.2. The van der Waals surface area contributed by atoms with Crippen LogP contribution >= 0.6 is 11.8 Å². The zero-order valence-electron chi connectivity index (χ0n) is 11.4. The predicted molar refractivity (Wildman–Crippen MR) is 72.5 cm³/mol. The molecule has 0 bridgehead atoms. The molecule has 0 aromatic rings. The van der Waals surface area contributed by atoms with Crippen molar-refractivity contribution in [1.82, 2.24) is 4.90 Å². The fourth-order valence-electron chi connectivity index (χ4n) is 1.69. The van der Waals surface area contributed by atoms with Crippen LogP contribution in [0.25, 0.3) is 0 Å². The first kappa shape index (κ1) is 15.3. The molecule has 0 aromatic heterocycles. The summed E-state index contributed by atoms with van der Waals surface area (Å²) in [5.41, 5.74) is 4.56. The molecule has 1 aliphatic heterocycles. The predicted octanol–water partition coefficient (Wildman–Crippen LogP) is 0.778. The third-order valence-electron chi connectivity index (χ3n) is 3.82. The van der Waals surface area contributed by atoms with Crippen LogP contribution in [0.1, 0.15) is 27.7 Å². The molecule has 1 heterocycles. The van der Waals surface area contributed by atoms with Crippen molar-refractivity contribution in [3.05, 3.63) is 0 Å². The Labute approximate surface area is 112 Å². The van der Waals surface area contributed by atoms with E-state index in [1.807, 2.05) is 0 Å². The molecule has 0 aromatic carbocycles. The van der Waals surface area contributed by atoms with Crippen LogP contribution < -0.4 is 5.73 Å². The van der Waals surface area contributed by atoms with E-state index in [1.165, 1.54) is 4.90 Å². The Hall–Kier alpha value is -0.750. The molecule has 1 atom stereocenters. The summed E-state index contributed by atoms with van der Waals surface area (Å²) < 4.78 is 0. The van der Waals surface area contributed by atoms with Crippen LogP contribution in [-0.4, -0.2) is 51.5 Å². The van der Waals surface area contributed by atoms with Crippen molar-refractivity contribution in [2.24, 2.45) is 11.1 Å². The minimum atomic E-state index is -0.943. The molecular weight excluding hydrogens is 252 g/mol. The number of nitrogens with zero attached hydrogens (tertiary/aromatic N) is 1. The van der Waals surface area contributed by atoms with Gasteiger partial charge in [0.15, 0.2) is 0 Å². The van der Waals surface area contributed by atoms with Gasteiger partial charge in [0.2, 0.25) is 5.91 Å². The number of nitrogens with two attached hydrogens (primary N) is 1. The lowest BCUT2D eigenvalue weighted by Gasteiger charge is -2.43. The average molecular weight is 274 g/mol. The van der Waals surface area contributed by atoms with Crippen LogP contribution in [0.3, 0.4) is 0 Å². The van der Waals surface area contributed by atoms with Crippen LogP contribution in [0.2, 0.25) is 0 Å². The molecule has 1 aliphatic rings. The van der Waals surface area contributed by atoms with Crippen LogP contribution in [0.5, 0.6) is 0 Å². The van der Waals surface area contributed by atoms with E-state index in [0.717, 1.165) is 5.75 Å². The Morgan fingerprint density at radius 1 is 1.33 bits per heavy atom. The van der Waals surface area contributed by atoms with Crippen molar-refractivity contribution in [3.63, 3.8) is 0 Å². The van der Waals surface area contributed by atoms with Crippen molar-refractivity contribution in [1.29, 1.82) is 0 Å². The summed E-state index contributed by atoms with van der Waals surface area (Å²) >= 11 is 1.56. The Morgan fingerprint density at radius 2 is 1.89 bits per heavy atom. The van der Waals surface area contributed by atoms with Crippen molar-refractivity contribution in [3.8, 4) is 0 Å². The molecule has 1 amide bonds. The highest BCUT2D eigenvalue weighted by molar-refractivity contribution is 7.99. The number of carboxylic acids is 1. The summed E-state index contributed by atoms with van der Waals surface area (Å²) in [6.07, 6.45) is 0. The van der Waals surface area contributed by atoms with Gasteiger partial charge >= 0.3 is 5.97 Å². The summed E-state index contributed by atoms with van der Waals surface area (Å²) in [6, 6.07) is -0.738. The topological polar surface area (TPSA) is 83.6 Å². The van der Waals surface area contributed by atoms with Gasteiger partial charge in [-0.3, -0.25) is 4.79 Å². The third kappa shape index (κ3) is 2.80. The second-order valence-electron chi connectivity index (χ2n) is 5.77. The van der Waals surface area contributed by atoms with Crippen molar-refractivity contribution in [2.75, 3.05) is 18.1 Å². The first-order chi connectivity index (χ1) is 8.09. The summed E-state index contributed by atoms with van der Waals surface area (Å²) in [7, 11) is 0. The van der Waals surface area contributed by atoms with Crippen LogP contribution in [0.4, 0.5) is 0 Å². The van der Waals surface area contributed by atoms with E-state index in [4.69, 9.17) is 5.73 Å². The van der Waals surface area contributed by atoms with Gasteiger partial charge in [-0.2, -0.15) is 11.8 Å². The van der Waals surface area contributed by atoms with Crippen molar-refractivity contribution in [2.45, 2.75) is 39.3 Å². The molecule has 1 unspecified atom stereocenters. The largest absolute Gasteiger partial charge is 0.480 e. The Bertz CT molecular complexity index is 350. The number of hydrogen-bond acceptors (Lipinski definition) is 4. The summed E-state index contributed by atoms with van der Waals surface area (Å²) in [6.45, 7) is 7.60. The SMILES string of the molecule is CC(C)(N)C(C)(C)C(=O)N1CCSCC1C(=O)O. The molecule has 104 valence electrons. The number of carboxylic acid groups (broad SMARTS) is 1. The number of hydrogen-bond donors (Lipinski definition) is 2. The van der Waals surface area contributed by atoms with E-state index < -0.39 is 23.0 Å². The lowest BCUT2D eigenvalue weighted by Crippen LogP contribution is -2.61. The standard InChI is InChI=1S/C12H22N2O3S/c1-11(2,12(3,4)13)10(17)14-5-6-18-7-8(14)9(15)16/h8H,5-7,13H2,1-4H3,(H,15,16). The molecule has 0 radical (unpaired) electrons. The van der Waals surface area contributed by atoms with E-state index in [-0.39, 0.29) is 5.91 Å². The van der Waals surface area contributed by atoms with Gasteiger partial charge in [-0.15, -0.1) is 0 Å². The maximum absolute atomic E-state index is 12.6. The first-order valence-electron chi connectivity index (χ1n) is 5.99. The van der Waals surface area contributed by atoms with E-state index in [9.17, 15) is 14.7 Å². The Morgan fingerprint density at radius 3 is 2.33 bits per heavy atom. The minimum absolute atomic E-state index is 0.178. The van der Waals surface area contributed by atoms with E-state index in [1.54, 1.807) is 39.5 Å². The molecule has 1 rings (SSSR count).